The van der Waals surface area contributed by atoms with Gasteiger partial charge in [-0.2, -0.15) is 0 Å². The van der Waals surface area contributed by atoms with Gasteiger partial charge in [0, 0.05) is 56.5 Å². The first-order valence-electron chi connectivity index (χ1n) is 14.2. The predicted molar refractivity (Wildman–Crippen MR) is 158 cm³/mol. The molecule has 0 saturated carbocycles. The molecule has 3 aromatic carbocycles. The molecule has 0 spiro atoms. The minimum Gasteiger partial charge on any atom is -0.467 e. The van der Waals surface area contributed by atoms with Crippen LogP contribution in [-0.2, 0) is 25.5 Å². The molecule has 44 heavy (non-hydrogen) atoms. The van der Waals surface area contributed by atoms with Gasteiger partial charge in [-0.1, -0.05) is 38.5 Å². The minimum absolute atomic E-state index is 0.000723. The van der Waals surface area contributed by atoms with E-state index in [1.807, 2.05) is 31.2 Å². The van der Waals surface area contributed by atoms with Gasteiger partial charge in [0.15, 0.2) is 0 Å². The van der Waals surface area contributed by atoms with E-state index in [-0.39, 0.29) is 39.4 Å². The highest BCUT2D eigenvalue weighted by Crippen LogP contribution is 2.40. The first-order chi connectivity index (χ1) is 21.1. The lowest BCUT2D eigenvalue weighted by atomic mass is 9.84. The number of benzene rings is 3. The third-order valence-corrected chi connectivity index (χ3v) is 8.73. The molecule has 0 aliphatic carbocycles. The van der Waals surface area contributed by atoms with E-state index in [9.17, 15) is 28.8 Å². The number of nitrogens with zero attached hydrogens (tertiary/aromatic N) is 2. The maximum absolute atomic E-state index is 14.0. The number of fused-ring (bicyclic) bond motifs is 1. The van der Waals surface area contributed by atoms with Crippen LogP contribution < -0.4 is 0 Å². The number of H-pyrrole nitrogens is 1. The van der Waals surface area contributed by atoms with Crippen molar-refractivity contribution in [2.24, 2.45) is 5.92 Å². The Morgan fingerprint density at radius 3 is 1.75 bits per heavy atom. The number of esters is 2. The molecule has 2 aliphatic rings. The number of rotatable bonds is 8. The smallest absolute Gasteiger partial charge is 0.329 e. The summed E-state index contributed by atoms with van der Waals surface area (Å²) in [7, 11) is 2.38. The van der Waals surface area contributed by atoms with Gasteiger partial charge in [0.2, 0.25) is 0 Å². The molecule has 224 valence electrons. The number of hydrogen-bond donors (Lipinski definition) is 1. The lowest BCUT2D eigenvalue weighted by molar-refractivity contribution is -0.147. The molecule has 2 aliphatic heterocycles. The maximum Gasteiger partial charge on any atom is 0.329 e. The second-order valence-electron chi connectivity index (χ2n) is 11.0. The molecule has 1 aromatic heterocycles. The van der Waals surface area contributed by atoms with Crippen LogP contribution in [0.4, 0.5) is 0 Å². The van der Waals surface area contributed by atoms with E-state index in [0.29, 0.717) is 12.0 Å². The summed E-state index contributed by atoms with van der Waals surface area (Å²) in [5.41, 5.74) is 1.83. The Kier molecular flexibility index (Phi) is 7.03. The Morgan fingerprint density at radius 2 is 1.25 bits per heavy atom. The number of para-hydroxylation sites is 1. The average Bonchev–Trinajstić information content (AvgIpc) is 3.45. The fourth-order valence-electron chi connectivity index (χ4n) is 6.31. The van der Waals surface area contributed by atoms with Crippen LogP contribution in [0.5, 0.6) is 0 Å². The zero-order valence-electron chi connectivity index (χ0n) is 24.5. The molecule has 0 saturated heterocycles. The molecule has 3 atom stereocenters. The van der Waals surface area contributed by atoms with Crippen LogP contribution in [0.2, 0.25) is 0 Å². The Morgan fingerprint density at radius 1 is 0.750 bits per heavy atom. The molecule has 0 unspecified atom stereocenters. The van der Waals surface area contributed by atoms with E-state index in [1.165, 1.54) is 38.5 Å². The summed E-state index contributed by atoms with van der Waals surface area (Å²) in [6, 6.07) is 10.7. The van der Waals surface area contributed by atoms with Crippen LogP contribution in [0.25, 0.3) is 21.7 Å². The van der Waals surface area contributed by atoms with Gasteiger partial charge in [0.05, 0.1) is 14.2 Å². The number of aromatic amines is 1. The maximum atomic E-state index is 14.0. The third-order valence-electron chi connectivity index (χ3n) is 8.73. The van der Waals surface area contributed by atoms with Crippen molar-refractivity contribution in [1.29, 1.82) is 0 Å². The second-order valence-corrected chi connectivity index (χ2v) is 11.0. The van der Waals surface area contributed by atoms with E-state index < -0.39 is 53.6 Å². The summed E-state index contributed by atoms with van der Waals surface area (Å²) >= 11 is 0. The van der Waals surface area contributed by atoms with Crippen LogP contribution >= 0.6 is 0 Å². The van der Waals surface area contributed by atoms with E-state index in [1.54, 1.807) is 13.1 Å². The van der Waals surface area contributed by atoms with Gasteiger partial charge in [-0.25, -0.2) is 9.59 Å². The summed E-state index contributed by atoms with van der Waals surface area (Å²) in [6.07, 6.45) is 2.22. The van der Waals surface area contributed by atoms with Crippen molar-refractivity contribution in [1.82, 2.24) is 14.8 Å². The van der Waals surface area contributed by atoms with E-state index >= 15 is 0 Å². The summed E-state index contributed by atoms with van der Waals surface area (Å²) in [6.45, 7) is 3.58. The van der Waals surface area contributed by atoms with Crippen molar-refractivity contribution in [2.45, 2.75) is 38.8 Å². The first kappa shape index (κ1) is 28.8. The normalized spacial score (nSPS) is 16.4. The van der Waals surface area contributed by atoms with Crippen molar-refractivity contribution in [3.8, 4) is 0 Å². The number of aromatic nitrogens is 1. The van der Waals surface area contributed by atoms with Gasteiger partial charge in [0.25, 0.3) is 23.6 Å². The van der Waals surface area contributed by atoms with Crippen LogP contribution in [0.3, 0.4) is 0 Å². The molecule has 3 heterocycles. The molecule has 0 radical (unpaired) electrons. The lowest BCUT2D eigenvalue weighted by Gasteiger charge is -2.37. The molecule has 1 N–H and O–H groups in total. The van der Waals surface area contributed by atoms with Gasteiger partial charge in [-0.05, 0) is 41.8 Å². The summed E-state index contributed by atoms with van der Waals surface area (Å²) in [5, 5.41) is 1.15. The van der Waals surface area contributed by atoms with E-state index in [0.717, 1.165) is 20.7 Å². The highest BCUT2D eigenvalue weighted by atomic mass is 16.5. The topological polar surface area (TPSA) is 143 Å². The number of carbonyl (C=O) groups excluding carboxylic acids is 6. The number of amides is 4. The Hall–Kier alpha value is -5.32. The van der Waals surface area contributed by atoms with E-state index in [4.69, 9.17) is 9.47 Å². The van der Waals surface area contributed by atoms with Crippen molar-refractivity contribution >= 4 is 57.2 Å². The number of carbonyl (C=O) groups is 6. The number of imide groups is 2. The van der Waals surface area contributed by atoms with Gasteiger partial charge < -0.3 is 14.5 Å². The van der Waals surface area contributed by atoms with Gasteiger partial charge in [0.1, 0.15) is 12.1 Å². The molecule has 4 aromatic rings. The number of nitrogens with one attached hydrogen (secondary N) is 1. The summed E-state index contributed by atoms with van der Waals surface area (Å²) in [4.78, 5) is 86.5. The van der Waals surface area contributed by atoms with Gasteiger partial charge in [-0.15, -0.1) is 0 Å². The highest BCUT2D eigenvalue weighted by molar-refractivity contribution is 6.34. The third kappa shape index (κ3) is 4.10. The zero-order valence-corrected chi connectivity index (χ0v) is 24.5. The van der Waals surface area contributed by atoms with Crippen LogP contribution in [-0.4, -0.2) is 76.7 Å². The molecule has 11 nitrogen and oxygen atoms in total. The van der Waals surface area contributed by atoms with Crippen LogP contribution in [0.1, 0.15) is 67.3 Å². The van der Waals surface area contributed by atoms with Crippen LogP contribution in [0, 0.1) is 5.92 Å². The highest BCUT2D eigenvalue weighted by Gasteiger charge is 2.47. The number of ether oxygens (including phenoxy) is 2. The molecule has 0 fully saturated rings. The fraction of sp³-hybridized carbons (Fsp3) is 0.273. The molecule has 0 bridgehead atoms. The number of methoxy groups -OCH3 is 2. The monoisotopic (exact) mass is 595 g/mol. The summed E-state index contributed by atoms with van der Waals surface area (Å²) < 4.78 is 9.98. The Bertz CT molecular complexity index is 1850. The lowest BCUT2D eigenvalue weighted by Crippen LogP contribution is -2.54. The fourth-order valence-corrected chi connectivity index (χ4v) is 6.31. The summed E-state index contributed by atoms with van der Waals surface area (Å²) in [5.74, 6) is -4.85. The largest absolute Gasteiger partial charge is 0.467 e. The Labute approximate surface area is 251 Å². The standard InChI is InChI=1S/C33H29N3O8/c1-5-16(2)27(33(42)44-4)36-30(39)21-12-10-19-25-20(11-13-22(26(21)25)31(36)40)29(38)35(28(19)37)24(32(41)43-3)14-17-15-34-23-9-7-6-8-18(17)23/h6-13,15-16,24,27,34H,5,14H2,1-4H3/t16-,24-,27-/m0/s1. The molecular formula is C33H29N3O8. The number of hydrogen-bond acceptors (Lipinski definition) is 8. The van der Waals surface area contributed by atoms with Gasteiger partial charge >= 0.3 is 11.9 Å². The van der Waals surface area contributed by atoms with Crippen LogP contribution in [0.15, 0.2) is 54.7 Å². The van der Waals surface area contributed by atoms with E-state index in [2.05, 4.69) is 4.98 Å². The Balaban J connectivity index is 1.46. The zero-order chi connectivity index (χ0) is 31.4. The van der Waals surface area contributed by atoms with Crippen molar-refractivity contribution < 1.29 is 38.2 Å². The van der Waals surface area contributed by atoms with Gasteiger partial charge in [-0.3, -0.25) is 29.0 Å². The minimum atomic E-state index is -1.29. The van der Waals surface area contributed by atoms with Crippen molar-refractivity contribution in [2.75, 3.05) is 14.2 Å². The SMILES string of the molecule is CC[C@H](C)[C@@H](C(=O)OC)N1C(=O)c2ccc3c4c(ccc(c24)C1=O)C(=O)N([C@@H](Cc1c[nH]c2ccccc12)C(=O)OC)C3=O. The van der Waals surface area contributed by atoms with Crippen molar-refractivity contribution in [3.05, 3.63) is 82.5 Å². The molecule has 11 heteroatoms. The second kappa shape index (κ2) is 10.7. The quantitative estimate of drug-likeness (QED) is 0.239. The van der Waals surface area contributed by atoms with Crippen molar-refractivity contribution in [3.63, 3.8) is 0 Å². The molecule has 6 rings (SSSR count). The molecule has 4 amide bonds. The predicted octanol–water partition coefficient (Wildman–Crippen LogP) is 3.89. The molecular weight excluding hydrogens is 566 g/mol. The first-order valence-corrected chi connectivity index (χ1v) is 14.2. The average molecular weight is 596 g/mol.